The standard InChI is InChI=1S/C14H16N4O/c1-8-9(2)17-18(10(8)3)7-13-16-14-11(15)5-4-6-12(14)19-13/h4-6H,7,15H2,1-3H3. The molecule has 0 bridgehead atoms. The van der Waals surface area contributed by atoms with E-state index in [4.69, 9.17) is 10.2 Å². The predicted octanol–water partition coefficient (Wildman–Crippen LogP) is 2.58. The van der Waals surface area contributed by atoms with E-state index in [9.17, 15) is 0 Å². The lowest BCUT2D eigenvalue weighted by Gasteiger charge is -2.00. The van der Waals surface area contributed by atoms with E-state index in [0.29, 0.717) is 23.7 Å². The lowest BCUT2D eigenvalue weighted by atomic mass is 10.2. The average molecular weight is 256 g/mol. The van der Waals surface area contributed by atoms with E-state index in [2.05, 4.69) is 17.0 Å². The van der Waals surface area contributed by atoms with Gasteiger partial charge in [0.2, 0.25) is 5.89 Å². The number of fused-ring (bicyclic) bond motifs is 1. The molecule has 0 spiro atoms. The van der Waals surface area contributed by atoms with Crippen LogP contribution in [-0.4, -0.2) is 14.8 Å². The Morgan fingerprint density at radius 2 is 2.05 bits per heavy atom. The van der Waals surface area contributed by atoms with Crippen molar-refractivity contribution in [2.45, 2.75) is 27.3 Å². The SMILES string of the molecule is Cc1nn(Cc2nc3c(N)cccc3o2)c(C)c1C. The number of rotatable bonds is 2. The Labute approximate surface area is 111 Å². The summed E-state index contributed by atoms with van der Waals surface area (Å²) >= 11 is 0. The number of anilines is 1. The molecule has 0 fully saturated rings. The van der Waals surface area contributed by atoms with Gasteiger partial charge in [-0.05, 0) is 38.5 Å². The van der Waals surface area contributed by atoms with Gasteiger partial charge in [0.1, 0.15) is 12.1 Å². The summed E-state index contributed by atoms with van der Waals surface area (Å²) in [6.07, 6.45) is 0. The quantitative estimate of drug-likeness (QED) is 0.715. The zero-order valence-electron chi connectivity index (χ0n) is 11.3. The highest BCUT2D eigenvalue weighted by molar-refractivity contribution is 5.85. The lowest BCUT2D eigenvalue weighted by Crippen LogP contribution is -2.04. The third-order valence-electron chi connectivity index (χ3n) is 3.52. The number of para-hydroxylation sites is 1. The minimum atomic E-state index is 0.522. The van der Waals surface area contributed by atoms with Crippen LogP contribution in [-0.2, 0) is 6.54 Å². The molecule has 0 aliphatic rings. The molecule has 2 heterocycles. The predicted molar refractivity (Wildman–Crippen MR) is 74.0 cm³/mol. The maximum Gasteiger partial charge on any atom is 0.217 e. The Morgan fingerprint density at radius 1 is 1.26 bits per heavy atom. The normalized spacial score (nSPS) is 11.3. The van der Waals surface area contributed by atoms with Crippen molar-refractivity contribution in [2.24, 2.45) is 0 Å². The highest BCUT2D eigenvalue weighted by Crippen LogP contribution is 2.22. The van der Waals surface area contributed by atoms with E-state index in [-0.39, 0.29) is 0 Å². The number of nitrogens with zero attached hydrogens (tertiary/aromatic N) is 3. The third kappa shape index (κ3) is 1.87. The molecule has 0 atom stereocenters. The van der Waals surface area contributed by atoms with E-state index in [1.165, 1.54) is 5.56 Å². The Kier molecular flexibility index (Phi) is 2.55. The molecule has 0 saturated carbocycles. The molecule has 0 saturated heterocycles. The second-order valence-electron chi connectivity index (χ2n) is 4.76. The second kappa shape index (κ2) is 4.12. The van der Waals surface area contributed by atoms with Crippen LogP contribution in [0, 0.1) is 20.8 Å². The number of hydrogen-bond donors (Lipinski definition) is 1. The van der Waals surface area contributed by atoms with Crippen LogP contribution in [0.3, 0.4) is 0 Å². The molecule has 5 nitrogen and oxygen atoms in total. The summed E-state index contributed by atoms with van der Waals surface area (Å²) in [5, 5.41) is 4.48. The van der Waals surface area contributed by atoms with E-state index in [1.807, 2.05) is 36.7 Å². The van der Waals surface area contributed by atoms with Gasteiger partial charge in [-0.3, -0.25) is 4.68 Å². The van der Waals surface area contributed by atoms with Crippen molar-refractivity contribution in [3.05, 3.63) is 41.0 Å². The fourth-order valence-electron chi connectivity index (χ4n) is 2.15. The molecule has 0 aliphatic carbocycles. The van der Waals surface area contributed by atoms with Crippen molar-refractivity contribution in [3.63, 3.8) is 0 Å². The summed E-state index contributed by atoms with van der Waals surface area (Å²) in [6, 6.07) is 5.55. The largest absolute Gasteiger partial charge is 0.439 e. The van der Waals surface area contributed by atoms with E-state index < -0.39 is 0 Å². The number of aromatic nitrogens is 3. The smallest absolute Gasteiger partial charge is 0.217 e. The summed E-state index contributed by atoms with van der Waals surface area (Å²) in [5.74, 6) is 0.624. The monoisotopic (exact) mass is 256 g/mol. The van der Waals surface area contributed by atoms with Gasteiger partial charge < -0.3 is 10.2 Å². The molecule has 2 N–H and O–H groups in total. The summed E-state index contributed by atoms with van der Waals surface area (Å²) in [6.45, 7) is 6.64. The van der Waals surface area contributed by atoms with Gasteiger partial charge in [0.05, 0.1) is 11.4 Å². The number of benzene rings is 1. The Bertz CT molecular complexity index is 754. The Hall–Kier alpha value is -2.30. The first-order chi connectivity index (χ1) is 9.06. The highest BCUT2D eigenvalue weighted by Gasteiger charge is 2.12. The van der Waals surface area contributed by atoms with Crippen LogP contribution < -0.4 is 5.73 Å². The number of nitrogens with two attached hydrogens (primary N) is 1. The first-order valence-corrected chi connectivity index (χ1v) is 6.21. The molecular weight excluding hydrogens is 240 g/mol. The van der Waals surface area contributed by atoms with Gasteiger partial charge in [0, 0.05) is 5.69 Å². The zero-order chi connectivity index (χ0) is 13.6. The van der Waals surface area contributed by atoms with Gasteiger partial charge in [-0.2, -0.15) is 5.10 Å². The van der Waals surface area contributed by atoms with Crippen LogP contribution in [0.15, 0.2) is 22.6 Å². The van der Waals surface area contributed by atoms with Gasteiger partial charge in [0.25, 0.3) is 0 Å². The van der Waals surface area contributed by atoms with E-state index >= 15 is 0 Å². The fraction of sp³-hybridized carbons (Fsp3) is 0.286. The fourth-order valence-corrected chi connectivity index (χ4v) is 2.15. The molecule has 3 aromatic rings. The van der Waals surface area contributed by atoms with Gasteiger partial charge >= 0.3 is 0 Å². The maximum absolute atomic E-state index is 5.88. The molecule has 98 valence electrons. The van der Waals surface area contributed by atoms with Crippen molar-refractivity contribution in [1.82, 2.24) is 14.8 Å². The van der Waals surface area contributed by atoms with Gasteiger partial charge in [-0.1, -0.05) is 6.07 Å². The Morgan fingerprint density at radius 3 is 2.68 bits per heavy atom. The number of oxazole rings is 1. The lowest BCUT2D eigenvalue weighted by molar-refractivity contribution is 0.486. The first kappa shape index (κ1) is 11.8. The minimum absolute atomic E-state index is 0.522. The van der Waals surface area contributed by atoms with Crippen LogP contribution in [0.1, 0.15) is 22.8 Å². The van der Waals surface area contributed by atoms with E-state index in [0.717, 1.165) is 16.9 Å². The van der Waals surface area contributed by atoms with Gasteiger partial charge in [0.15, 0.2) is 5.58 Å². The number of aryl methyl sites for hydroxylation is 1. The maximum atomic E-state index is 5.88. The van der Waals surface area contributed by atoms with Crippen LogP contribution in [0.4, 0.5) is 5.69 Å². The first-order valence-electron chi connectivity index (χ1n) is 6.21. The van der Waals surface area contributed by atoms with Crippen LogP contribution in [0.5, 0.6) is 0 Å². The Balaban J connectivity index is 2.01. The van der Waals surface area contributed by atoms with Crippen molar-refractivity contribution in [3.8, 4) is 0 Å². The minimum Gasteiger partial charge on any atom is -0.439 e. The highest BCUT2D eigenvalue weighted by atomic mass is 16.3. The van der Waals surface area contributed by atoms with Crippen molar-refractivity contribution >= 4 is 16.8 Å². The second-order valence-corrected chi connectivity index (χ2v) is 4.76. The number of hydrogen-bond acceptors (Lipinski definition) is 4. The molecule has 0 aliphatic heterocycles. The molecule has 0 amide bonds. The topological polar surface area (TPSA) is 69.9 Å². The summed E-state index contributed by atoms with van der Waals surface area (Å²) in [7, 11) is 0. The van der Waals surface area contributed by atoms with Crippen molar-refractivity contribution in [2.75, 3.05) is 5.73 Å². The molecule has 5 heteroatoms. The zero-order valence-corrected chi connectivity index (χ0v) is 11.3. The number of nitrogen functional groups attached to an aromatic ring is 1. The van der Waals surface area contributed by atoms with Crippen LogP contribution in [0.25, 0.3) is 11.1 Å². The molecule has 0 unspecified atom stereocenters. The molecule has 3 rings (SSSR count). The van der Waals surface area contributed by atoms with E-state index in [1.54, 1.807) is 0 Å². The molecule has 19 heavy (non-hydrogen) atoms. The molecular formula is C14H16N4O. The molecule has 1 aromatic carbocycles. The summed E-state index contributed by atoms with van der Waals surface area (Å²) in [4.78, 5) is 4.44. The van der Waals surface area contributed by atoms with Gasteiger partial charge in [-0.25, -0.2) is 4.98 Å². The van der Waals surface area contributed by atoms with Crippen LogP contribution in [0.2, 0.25) is 0 Å². The average Bonchev–Trinajstić information content (AvgIpc) is 2.89. The summed E-state index contributed by atoms with van der Waals surface area (Å²) < 4.78 is 7.61. The molecule has 2 aromatic heterocycles. The van der Waals surface area contributed by atoms with Crippen molar-refractivity contribution < 1.29 is 4.42 Å². The van der Waals surface area contributed by atoms with Crippen molar-refractivity contribution in [1.29, 1.82) is 0 Å². The van der Waals surface area contributed by atoms with Crippen LogP contribution >= 0.6 is 0 Å². The third-order valence-corrected chi connectivity index (χ3v) is 3.52. The van der Waals surface area contributed by atoms with Gasteiger partial charge in [-0.15, -0.1) is 0 Å². The summed E-state index contributed by atoms with van der Waals surface area (Å²) in [5.41, 5.74) is 11.3. The molecule has 0 radical (unpaired) electrons.